The molecule has 1 saturated carbocycles. The second kappa shape index (κ2) is 6.93. The van der Waals surface area contributed by atoms with Gasteiger partial charge in [0.2, 0.25) is 0 Å². The Labute approximate surface area is 120 Å². The lowest BCUT2D eigenvalue weighted by Gasteiger charge is -2.36. The lowest BCUT2D eigenvalue weighted by molar-refractivity contribution is 0.232. The summed E-state index contributed by atoms with van der Waals surface area (Å²) in [4.78, 5) is 2.04. The molecule has 1 aliphatic carbocycles. The maximum atomic E-state index is 8.16. The maximum absolute atomic E-state index is 8.16. The maximum Gasteiger partial charge on any atom is 0.198 e. The van der Waals surface area contributed by atoms with Gasteiger partial charge in [-0.3, -0.25) is 16.1 Å². The van der Waals surface area contributed by atoms with E-state index in [1.807, 2.05) is 23.1 Å². The van der Waals surface area contributed by atoms with Gasteiger partial charge in [0, 0.05) is 12.6 Å². The quantitative estimate of drug-likeness (QED) is 0.503. The molecule has 1 aromatic carbocycles. The van der Waals surface area contributed by atoms with E-state index in [1.165, 1.54) is 24.8 Å². The molecule has 20 heavy (non-hydrogen) atoms. The van der Waals surface area contributed by atoms with E-state index >= 15 is 0 Å². The van der Waals surface area contributed by atoms with Crippen LogP contribution in [0.1, 0.15) is 37.7 Å². The van der Waals surface area contributed by atoms with Crippen molar-refractivity contribution in [2.24, 2.45) is 5.73 Å². The molecule has 0 spiro atoms. The van der Waals surface area contributed by atoms with E-state index in [4.69, 9.17) is 16.6 Å². The summed E-state index contributed by atoms with van der Waals surface area (Å²) in [5.74, 6) is 0.0529. The molecule has 0 radical (unpaired) electrons. The molecule has 2 rings (SSSR count). The van der Waals surface area contributed by atoms with Gasteiger partial charge in [0.1, 0.15) is 0 Å². The molecule has 5 N–H and O–H groups in total. The summed E-state index contributed by atoms with van der Waals surface area (Å²) in [5, 5.41) is 18.1. The lowest BCUT2D eigenvalue weighted by atomic mass is 9.94. The van der Waals surface area contributed by atoms with Crippen LogP contribution in [0.5, 0.6) is 0 Å². The Balaban J connectivity index is 2.10. The Morgan fingerprint density at radius 2 is 1.80 bits per heavy atom. The Morgan fingerprint density at radius 3 is 2.40 bits per heavy atom. The van der Waals surface area contributed by atoms with E-state index in [-0.39, 0.29) is 11.9 Å². The van der Waals surface area contributed by atoms with E-state index in [1.54, 1.807) is 0 Å². The predicted molar refractivity (Wildman–Crippen MR) is 81.6 cm³/mol. The lowest BCUT2D eigenvalue weighted by Crippen LogP contribution is -2.50. The summed E-state index contributed by atoms with van der Waals surface area (Å²) in [6.45, 7) is 0.685. The average Bonchev–Trinajstić information content (AvgIpc) is 2.46. The minimum atomic E-state index is -0.177. The third kappa shape index (κ3) is 3.98. The van der Waals surface area contributed by atoms with Crippen LogP contribution >= 0.6 is 0 Å². The Morgan fingerprint density at radius 1 is 1.15 bits per heavy atom. The van der Waals surface area contributed by atoms with Crippen molar-refractivity contribution in [3.8, 4) is 0 Å². The van der Waals surface area contributed by atoms with E-state index in [0.29, 0.717) is 12.6 Å². The zero-order valence-electron chi connectivity index (χ0n) is 11.7. The summed E-state index contributed by atoms with van der Waals surface area (Å²) < 4.78 is 0. The van der Waals surface area contributed by atoms with Crippen LogP contribution in [0.2, 0.25) is 0 Å². The zero-order valence-corrected chi connectivity index (χ0v) is 11.7. The molecule has 0 amide bonds. The normalized spacial score (nSPS) is 15.6. The molecule has 1 fully saturated rings. The Kier molecular flexibility index (Phi) is 4.98. The minimum Gasteiger partial charge on any atom is -0.370 e. The highest BCUT2D eigenvalue weighted by Crippen LogP contribution is 2.24. The number of nitrogens with one attached hydrogen (secondary N) is 3. The number of nitrogens with zero attached hydrogens (tertiary/aromatic N) is 1. The summed E-state index contributed by atoms with van der Waals surface area (Å²) in [5.41, 5.74) is 6.53. The van der Waals surface area contributed by atoms with Crippen LogP contribution in [0.4, 0.5) is 0 Å². The number of nitrogens with two attached hydrogens (primary N) is 1. The van der Waals surface area contributed by atoms with Crippen LogP contribution < -0.4 is 11.1 Å². The number of hydrogen-bond donors (Lipinski definition) is 4. The molecule has 1 aliphatic rings. The number of guanidine groups is 2. The van der Waals surface area contributed by atoms with Gasteiger partial charge < -0.3 is 10.6 Å². The molecule has 0 aromatic heterocycles. The molecule has 0 saturated heterocycles. The molecular formula is C15H23N5. The topological polar surface area (TPSA) is 89.0 Å². The van der Waals surface area contributed by atoms with Gasteiger partial charge in [-0.05, 0) is 18.4 Å². The molecule has 0 heterocycles. The van der Waals surface area contributed by atoms with Crippen molar-refractivity contribution in [2.45, 2.75) is 44.7 Å². The summed E-state index contributed by atoms with van der Waals surface area (Å²) in [6, 6.07) is 10.5. The average molecular weight is 273 g/mol. The second-order valence-corrected chi connectivity index (χ2v) is 5.29. The van der Waals surface area contributed by atoms with Crippen LogP contribution in [0, 0.1) is 10.8 Å². The fourth-order valence-corrected chi connectivity index (χ4v) is 2.76. The van der Waals surface area contributed by atoms with Gasteiger partial charge in [-0.1, -0.05) is 49.6 Å². The van der Waals surface area contributed by atoms with Crippen LogP contribution in [0.3, 0.4) is 0 Å². The molecule has 0 atom stereocenters. The predicted octanol–water partition coefficient (Wildman–Crippen LogP) is 2.24. The van der Waals surface area contributed by atoms with Gasteiger partial charge in [0.05, 0.1) is 0 Å². The van der Waals surface area contributed by atoms with Crippen molar-refractivity contribution in [2.75, 3.05) is 0 Å². The van der Waals surface area contributed by atoms with Crippen LogP contribution in [0.15, 0.2) is 30.3 Å². The second-order valence-electron chi connectivity index (χ2n) is 5.29. The van der Waals surface area contributed by atoms with Crippen molar-refractivity contribution in [3.63, 3.8) is 0 Å². The molecule has 0 unspecified atom stereocenters. The van der Waals surface area contributed by atoms with Gasteiger partial charge in [-0.2, -0.15) is 0 Å². The molecule has 108 valence electrons. The van der Waals surface area contributed by atoms with Gasteiger partial charge >= 0.3 is 0 Å². The Hall–Kier alpha value is -2.04. The monoisotopic (exact) mass is 273 g/mol. The first kappa shape index (κ1) is 14.4. The largest absolute Gasteiger partial charge is 0.370 e. The third-order valence-corrected chi connectivity index (χ3v) is 3.75. The smallest absolute Gasteiger partial charge is 0.198 e. The standard InChI is InChI=1S/C15H23N5/c16-14(17)19-15(18)20(13-9-5-2-6-10-13)11-12-7-3-1-4-8-12/h1,3-4,7-8,13H,2,5-6,9-11H2,(H5,16,17,18,19). The summed E-state index contributed by atoms with van der Waals surface area (Å²) in [7, 11) is 0. The van der Waals surface area contributed by atoms with Crippen LogP contribution in [-0.2, 0) is 6.54 Å². The Bertz CT molecular complexity index is 451. The van der Waals surface area contributed by atoms with Gasteiger partial charge in [0.15, 0.2) is 11.9 Å². The van der Waals surface area contributed by atoms with Gasteiger partial charge in [-0.25, -0.2) is 0 Å². The van der Waals surface area contributed by atoms with Crippen molar-refractivity contribution in [1.29, 1.82) is 10.8 Å². The van der Waals surface area contributed by atoms with E-state index in [2.05, 4.69) is 17.4 Å². The summed E-state index contributed by atoms with van der Waals surface area (Å²) in [6.07, 6.45) is 5.92. The van der Waals surface area contributed by atoms with Crippen LogP contribution in [0.25, 0.3) is 0 Å². The fourth-order valence-electron chi connectivity index (χ4n) is 2.76. The van der Waals surface area contributed by atoms with Crippen LogP contribution in [-0.4, -0.2) is 22.9 Å². The van der Waals surface area contributed by atoms with E-state index in [9.17, 15) is 0 Å². The van der Waals surface area contributed by atoms with Crippen molar-refractivity contribution < 1.29 is 0 Å². The molecule has 5 heteroatoms. The van der Waals surface area contributed by atoms with E-state index in [0.717, 1.165) is 12.8 Å². The number of hydrogen-bond acceptors (Lipinski definition) is 2. The third-order valence-electron chi connectivity index (χ3n) is 3.75. The first-order valence-electron chi connectivity index (χ1n) is 7.17. The highest BCUT2D eigenvalue weighted by atomic mass is 15.3. The van der Waals surface area contributed by atoms with Crippen molar-refractivity contribution in [3.05, 3.63) is 35.9 Å². The molecule has 0 bridgehead atoms. The summed E-state index contributed by atoms with van der Waals surface area (Å²) >= 11 is 0. The van der Waals surface area contributed by atoms with E-state index < -0.39 is 0 Å². The number of benzene rings is 1. The van der Waals surface area contributed by atoms with Gasteiger partial charge in [0.25, 0.3) is 0 Å². The van der Waals surface area contributed by atoms with Gasteiger partial charge in [-0.15, -0.1) is 0 Å². The number of rotatable bonds is 3. The highest BCUT2D eigenvalue weighted by molar-refractivity contribution is 5.95. The zero-order chi connectivity index (χ0) is 14.4. The molecule has 0 aliphatic heterocycles. The van der Waals surface area contributed by atoms with Crippen molar-refractivity contribution >= 4 is 11.9 Å². The SMILES string of the molecule is N=C(N)NC(=N)N(Cc1ccccc1)C1CCCCC1. The van der Waals surface area contributed by atoms with Crippen molar-refractivity contribution in [1.82, 2.24) is 10.2 Å². The first-order chi connectivity index (χ1) is 9.66. The molecule has 5 nitrogen and oxygen atoms in total. The minimum absolute atomic E-state index is 0.177. The fraction of sp³-hybridized carbons (Fsp3) is 0.467. The first-order valence-corrected chi connectivity index (χ1v) is 7.17. The molecule has 1 aromatic rings. The highest BCUT2D eigenvalue weighted by Gasteiger charge is 2.23. The molecular weight excluding hydrogens is 250 g/mol.